The van der Waals surface area contributed by atoms with E-state index in [1.165, 1.54) is 7.05 Å². The average molecular weight is 670 g/mol. The Labute approximate surface area is 233 Å². The topological polar surface area (TPSA) is 239 Å². The fourth-order valence-electron chi connectivity index (χ4n) is 4.78. The van der Waals surface area contributed by atoms with Crippen molar-refractivity contribution in [2.24, 2.45) is 7.05 Å². The molecule has 0 unspecified atom stereocenters. The summed E-state index contributed by atoms with van der Waals surface area (Å²) >= 11 is 6.74. The van der Waals surface area contributed by atoms with Crippen molar-refractivity contribution in [2.75, 3.05) is 0 Å². The molecule has 40 heavy (non-hydrogen) atoms. The molecule has 0 bridgehead atoms. The van der Waals surface area contributed by atoms with Gasteiger partial charge in [0.25, 0.3) is 46.0 Å². The van der Waals surface area contributed by atoms with Crippen LogP contribution in [0.1, 0.15) is 0 Å². The molecule has 0 atom stereocenters. The largest absolute Gasteiger partial charge is 0.295 e. The van der Waals surface area contributed by atoms with Gasteiger partial charge >= 0.3 is 0 Å². The van der Waals surface area contributed by atoms with Gasteiger partial charge in [0, 0.05) is 44.9 Å². The van der Waals surface area contributed by atoms with Gasteiger partial charge in [-0.25, -0.2) is 0 Å². The Morgan fingerprint density at radius 3 is 1.35 bits per heavy atom. The summed E-state index contributed by atoms with van der Waals surface area (Å²) in [6, 6.07) is 4.13. The van der Waals surface area contributed by atoms with E-state index < -0.39 is 113 Å². The quantitative estimate of drug-likeness (QED) is 0.156. The maximum absolute atomic E-state index is 12.9. The van der Waals surface area contributed by atoms with Crippen molar-refractivity contribution in [2.45, 2.75) is 19.6 Å². The van der Waals surface area contributed by atoms with Crippen molar-refractivity contribution in [1.29, 1.82) is 0 Å². The van der Waals surface area contributed by atoms with Crippen LogP contribution in [-0.4, -0.2) is 55.8 Å². The number of benzene rings is 4. The SMILES string of the molecule is Cn1sc(Cl)c(-c2c(S(=O)(=O)O)c3ccc4c(S(=O)(=O)O)cc(S(=O)(=O)O)c5ccc(c2S(=O)(=O)O)c3c45)c1=O. The molecule has 4 N–H and O–H groups in total. The van der Waals surface area contributed by atoms with E-state index in [2.05, 4.69) is 0 Å². The standard InChI is InChI=1S/C20H12ClNO13S5/c1-22-20(23)16(19(21)36-22)15-17(39(30,31)32)9-4-2-7-11(37(24,25)26)6-12(38(27,28)29)8-3-5-10(14(9)13(7)8)18(15)40(33,34)35/h2-6H,1H3,(H,24,25,26)(H,27,28,29)(H,30,31,32)(H,33,34,35). The van der Waals surface area contributed by atoms with Gasteiger partial charge in [0.2, 0.25) is 0 Å². The minimum atomic E-state index is -5.50. The summed E-state index contributed by atoms with van der Waals surface area (Å²) in [6.45, 7) is 0. The van der Waals surface area contributed by atoms with Crippen molar-refractivity contribution < 1.29 is 51.9 Å². The van der Waals surface area contributed by atoms with Crippen LogP contribution < -0.4 is 5.56 Å². The highest BCUT2D eigenvalue weighted by Gasteiger charge is 2.36. The molecular weight excluding hydrogens is 658 g/mol. The molecule has 5 aromatic rings. The van der Waals surface area contributed by atoms with E-state index in [1.54, 1.807) is 0 Å². The van der Waals surface area contributed by atoms with E-state index in [1.807, 2.05) is 0 Å². The Bertz CT molecular complexity index is 2320. The van der Waals surface area contributed by atoms with Gasteiger partial charge in [0.15, 0.2) is 0 Å². The lowest BCUT2D eigenvalue weighted by atomic mass is 9.91. The average Bonchev–Trinajstić information content (AvgIpc) is 3.03. The van der Waals surface area contributed by atoms with Gasteiger partial charge in [0.05, 0.1) is 5.56 Å². The summed E-state index contributed by atoms with van der Waals surface area (Å²) in [5.41, 5.74) is -2.70. The van der Waals surface area contributed by atoms with E-state index in [0.29, 0.717) is 17.6 Å². The number of halogens is 1. The third-order valence-electron chi connectivity index (χ3n) is 6.13. The van der Waals surface area contributed by atoms with Crippen LogP contribution in [0, 0.1) is 0 Å². The highest BCUT2D eigenvalue weighted by molar-refractivity contribution is 7.87. The highest BCUT2D eigenvalue weighted by Crippen LogP contribution is 2.49. The molecule has 1 aromatic heterocycles. The minimum Gasteiger partial charge on any atom is -0.282 e. The molecule has 0 fully saturated rings. The van der Waals surface area contributed by atoms with Crippen LogP contribution in [0.3, 0.4) is 0 Å². The predicted octanol–water partition coefficient (Wildman–Crippen LogP) is 2.65. The first kappa shape index (κ1) is 28.8. The summed E-state index contributed by atoms with van der Waals surface area (Å²) in [5.74, 6) is 0. The lowest BCUT2D eigenvalue weighted by Gasteiger charge is -2.20. The minimum absolute atomic E-state index is 0.419. The first-order chi connectivity index (χ1) is 18.2. The zero-order valence-electron chi connectivity index (χ0n) is 19.2. The van der Waals surface area contributed by atoms with Gasteiger partial charge < -0.3 is 0 Å². The van der Waals surface area contributed by atoms with E-state index in [-0.39, 0.29) is 0 Å². The van der Waals surface area contributed by atoms with Crippen LogP contribution in [0.25, 0.3) is 43.4 Å². The number of rotatable bonds is 5. The molecule has 0 amide bonds. The number of aryl methyl sites for hydroxylation is 1. The molecule has 0 aliphatic heterocycles. The molecule has 0 aliphatic carbocycles. The second kappa shape index (κ2) is 8.64. The van der Waals surface area contributed by atoms with E-state index in [9.17, 15) is 56.7 Å². The van der Waals surface area contributed by atoms with Crippen LogP contribution in [-0.2, 0) is 47.5 Å². The van der Waals surface area contributed by atoms with Crippen molar-refractivity contribution in [3.63, 3.8) is 0 Å². The van der Waals surface area contributed by atoms with Crippen LogP contribution in [0.5, 0.6) is 0 Å². The van der Waals surface area contributed by atoms with Gasteiger partial charge in [-0.2, -0.15) is 33.7 Å². The summed E-state index contributed by atoms with van der Waals surface area (Å²) in [4.78, 5) is 8.38. The number of nitrogens with zero attached hydrogens (tertiary/aromatic N) is 1. The fourth-order valence-corrected chi connectivity index (χ4v) is 9.35. The van der Waals surface area contributed by atoms with Gasteiger partial charge in [-0.3, -0.25) is 27.0 Å². The summed E-state index contributed by atoms with van der Waals surface area (Å²) < 4.78 is 141. The molecule has 0 radical (unpaired) electrons. The molecule has 0 saturated carbocycles. The van der Waals surface area contributed by atoms with E-state index in [4.69, 9.17) is 11.6 Å². The zero-order chi connectivity index (χ0) is 29.9. The van der Waals surface area contributed by atoms with Crippen LogP contribution >= 0.6 is 23.1 Å². The molecule has 212 valence electrons. The lowest BCUT2D eigenvalue weighted by molar-refractivity contribution is 0.478. The Morgan fingerprint density at radius 1 is 0.650 bits per heavy atom. The van der Waals surface area contributed by atoms with Crippen molar-refractivity contribution >= 4 is 95.9 Å². The number of hydrogen-bond donors (Lipinski definition) is 4. The van der Waals surface area contributed by atoms with Crippen LogP contribution in [0.15, 0.2) is 54.7 Å². The smallest absolute Gasteiger partial charge is 0.282 e. The zero-order valence-corrected chi connectivity index (χ0v) is 24.1. The molecule has 20 heteroatoms. The Balaban J connectivity index is 2.29. The van der Waals surface area contributed by atoms with E-state index >= 15 is 0 Å². The first-order valence-electron chi connectivity index (χ1n) is 10.2. The molecule has 1 heterocycles. The van der Waals surface area contributed by atoms with Gasteiger partial charge in [-0.15, -0.1) is 0 Å². The third kappa shape index (κ3) is 4.21. The second-order valence-electron chi connectivity index (χ2n) is 8.42. The van der Waals surface area contributed by atoms with Gasteiger partial charge in [-0.1, -0.05) is 35.9 Å². The molecule has 0 spiro atoms. The highest BCUT2D eigenvalue weighted by atomic mass is 35.5. The summed E-state index contributed by atoms with van der Waals surface area (Å²) in [7, 11) is -20.2. The normalized spacial score (nSPS) is 13.7. The Morgan fingerprint density at radius 2 is 1.02 bits per heavy atom. The van der Waals surface area contributed by atoms with Crippen molar-refractivity contribution in [1.82, 2.24) is 3.96 Å². The Kier molecular flexibility index (Phi) is 6.22. The number of hydrogen-bond acceptors (Lipinski definition) is 10. The fraction of sp³-hybridized carbons (Fsp3) is 0.0500. The van der Waals surface area contributed by atoms with Crippen LogP contribution in [0.4, 0.5) is 0 Å². The maximum atomic E-state index is 12.9. The second-order valence-corrected chi connectivity index (χ2v) is 15.7. The maximum Gasteiger partial charge on any atom is 0.295 e. The number of aromatic nitrogens is 1. The summed E-state index contributed by atoms with van der Waals surface area (Å²) in [5, 5.41) is -2.97. The molecule has 5 rings (SSSR count). The molecular formula is C20H12ClNO13S5. The summed E-state index contributed by atoms with van der Waals surface area (Å²) in [6.07, 6.45) is 0. The first-order valence-corrected chi connectivity index (χ1v) is 17.1. The monoisotopic (exact) mass is 669 g/mol. The lowest BCUT2D eigenvalue weighted by Crippen LogP contribution is -2.16. The molecule has 0 aliphatic rings. The van der Waals surface area contributed by atoms with Crippen molar-refractivity contribution in [3.05, 3.63) is 45.0 Å². The third-order valence-corrected chi connectivity index (χ3v) is 11.0. The molecule has 14 nitrogen and oxygen atoms in total. The van der Waals surface area contributed by atoms with Crippen molar-refractivity contribution in [3.8, 4) is 11.1 Å². The predicted molar refractivity (Wildman–Crippen MR) is 143 cm³/mol. The van der Waals surface area contributed by atoms with Gasteiger partial charge in [-0.05, 0) is 17.6 Å². The molecule has 4 aromatic carbocycles. The Hall–Kier alpha value is -2.72. The van der Waals surface area contributed by atoms with Gasteiger partial charge in [0.1, 0.15) is 23.9 Å². The van der Waals surface area contributed by atoms with Crippen LogP contribution in [0.2, 0.25) is 4.34 Å². The molecule has 0 saturated heterocycles. The van der Waals surface area contributed by atoms with E-state index in [0.717, 1.165) is 28.2 Å².